The van der Waals surface area contributed by atoms with E-state index in [4.69, 9.17) is 27.1 Å². The first-order chi connectivity index (χ1) is 20.9. The van der Waals surface area contributed by atoms with Crippen LogP contribution in [0.25, 0.3) is 0 Å². The second-order valence-electron chi connectivity index (χ2n) is 12.5. The third kappa shape index (κ3) is 9.86. The molecule has 43 heavy (non-hydrogen) atoms. The van der Waals surface area contributed by atoms with E-state index in [1.807, 2.05) is 0 Å². The van der Waals surface area contributed by atoms with Crippen LogP contribution in [-0.2, 0) is 43.8 Å². The molecule has 0 saturated carbocycles. The van der Waals surface area contributed by atoms with Crippen molar-refractivity contribution in [3.8, 4) is 11.5 Å². The van der Waals surface area contributed by atoms with Crippen LogP contribution in [0.2, 0.25) is 0 Å². The van der Waals surface area contributed by atoms with Gasteiger partial charge in [0.05, 0.1) is 31.8 Å². The summed E-state index contributed by atoms with van der Waals surface area (Å²) in [6.07, 6.45) is 13.2. The Morgan fingerprint density at radius 1 is 0.535 bits per heavy atom. The monoisotopic (exact) mass is 632 g/mol. The summed E-state index contributed by atoms with van der Waals surface area (Å²) >= 11 is 0. The molecule has 2 aromatic rings. The highest BCUT2D eigenvalue weighted by Crippen LogP contribution is 2.54. The molecule has 0 radical (unpaired) electrons. The lowest BCUT2D eigenvalue weighted by Crippen LogP contribution is -2.45. The summed E-state index contributed by atoms with van der Waals surface area (Å²) < 4.78 is 38.0. The fourth-order valence-electron chi connectivity index (χ4n) is 5.64. The van der Waals surface area contributed by atoms with E-state index in [1.165, 1.54) is 33.4 Å². The Bertz CT molecular complexity index is 988. The Morgan fingerprint density at radius 3 is 1.07 bits per heavy atom. The molecule has 2 aliphatic rings. The van der Waals surface area contributed by atoms with E-state index < -0.39 is 17.2 Å². The highest BCUT2D eigenvalue weighted by Gasteiger charge is 2.45. The lowest BCUT2D eigenvalue weighted by atomic mass is 9.93. The van der Waals surface area contributed by atoms with Gasteiger partial charge < -0.3 is 27.1 Å². The summed E-state index contributed by atoms with van der Waals surface area (Å²) in [5.74, 6) is 1.94. The smallest absolute Gasteiger partial charge is 0.397 e. The summed E-state index contributed by atoms with van der Waals surface area (Å²) in [7, 11) is -2.97. The summed E-state index contributed by atoms with van der Waals surface area (Å²) in [5.41, 5.74) is 7.29. The second-order valence-corrected chi connectivity index (χ2v) is 14.8. The van der Waals surface area contributed by atoms with Gasteiger partial charge >= 0.3 is 17.2 Å². The van der Waals surface area contributed by atoms with Crippen molar-refractivity contribution in [1.29, 1.82) is 0 Å². The van der Waals surface area contributed by atoms with E-state index in [0.717, 1.165) is 88.5 Å². The van der Waals surface area contributed by atoms with Crippen molar-refractivity contribution in [2.75, 3.05) is 26.4 Å². The Labute approximate surface area is 263 Å². The Morgan fingerprint density at radius 2 is 0.814 bits per heavy atom. The maximum Gasteiger partial charge on any atom is 0.397 e. The maximum atomic E-state index is 6.52. The molecule has 1 spiro atoms. The largest absolute Gasteiger partial charge is 0.426 e. The van der Waals surface area contributed by atoms with Crippen LogP contribution in [0.4, 0.5) is 0 Å². The summed E-state index contributed by atoms with van der Waals surface area (Å²) in [4.78, 5) is 0. The Balaban J connectivity index is 1.38. The van der Waals surface area contributed by atoms with Crippen molar-refractivity contribution < 1.29 is 27.1 Å². The van der Waals surface area contributed by atoms with Crippen LogP contribution in [0, 0.1) is 19.3 Å². The van der Waals surface area contributed by atoms with Crippen LogP contribution >= 0.6 is 17.2 Å². The number of aryl methyl sites for hydroxylation is 6. The van der Waals surface area contributed by atoms with Gasteiger partial charge in [-0.05, 0) is 87.5 Å². The second kappa shape index (κ2) is 17.4. The molecular weight excluding hydrogens is 578 g/mol. The molecule has 2 saturated heterocycles. The van der Waals surface area contributed by atoms with Crippen molar-refractivity contribution in [3.05, 3.63) is 57.6 Å². The molecule has 0 atom stereocenters. The fraction of sp³-hybridized carbons (Fsp3) is 0.657. The van der Waals surface area contributed by atoms with E-state index in [2.05, 4.69) is 65.8 Å². The highest BCUT2D eigenvalue weighted by atomic mass is 31.2. The minimum atomic E-state index is -1.48. The van der Waals surface area contributed by atoms with Crippen LogP contribution in [0.1, 0.15) is 112 Å². The molecule has 0 aliphatic carbocycles. The van der Waals surface area contributed by atoms with E-state index in [-0.39, 0.29) is 5.41 Å². The van der Waals surface area contributed by atoms with Crippen molar-refractivity contribution in [3.63, 3.8) is 0 Å². The number of benzene rings is 2. The lowest BCUT2D eigenvalue weighted by molar-refractivity contribution is -0.0674. The van der Waals surface area contributed by atoms with E-state index in [0.29, 0.717) is 26.4 Å². The van der Waals surface area contributed by atoms with Crippen molar-refractivity contribution in [2.45, 2.75) is 119 Å². The molecule has 2 aromatic carbocycles. The van der Waals surface area contributed by atoms with Gasteiger partial charge in [0, 0.05) is 0 Å². The first-order valence-electron chi connectivity index (χ1n) is 16.6. The first kappa shape index (κ1) is 34.6. The van der Waals surface area contributed by atoms with Gasteiger partial charge in [0.1, 0.15) is 11.5 Å². The molecule has 4 rings (SSSR count). The first-order valence-corrected chi connectivity index (χ1v) is 18.8. The molecule has 2 heterocycles. The lowest BCUT2D eigenvalue weighted by Gasteiger charge is -2.41. The van der Waals surface area contributed by atoms with Gasteiger partial charge in [0.2, 0.25) is 0 Å². The highest BCUT2D eigenvalue weighted by molar-refractivity contribution is 7.42. The van der Waals surface area contributed by atoms with E-state index in [1.54, 1.807) is 0 Å². The predicted molar refractivity (Wildman–Crippen MR) is 178 cm³/mol. The molecule has 0 bridgehead atoms. The van der Waals surface area contributed by atoms with Crippen LogP contribution in [0.5, 0.6) is 11.5 Å². The van der Waals surface area contributed by atoms with Gasteiger partial charge in [0.25, 0.3) is 0 Å². The van der Waals surface area contributed by atoms with Gasteiger partial charge in [-0.1, -0.05) is 88.8 Å². The standard InChI is InChI=1S/C35H54O6P2/c1-7-11-15-29-19-27(5)20-30(16-12-8-2)33(29)40-42-36-23-35(24-37-42)25-38-43(39-26-35)41-34-31(17-13-9-3)21-28(6)22-32(34)18-14-10-4/h19-22H,7-18,23-26H2,1-6H3. The summed E-state index contributed by atoms with van der Waals surface area (Å²) in [6, 6.07) is 9.06. The molecule has 2 aliphatic heterocycles. The molecule has 0 unspecified atom stereocenters. The number of rotatable bonds is 16. The predicted octanol–water partition coefficient (Wildman–Crippen LogP) is 10.7. The molecule has 2 fully saturated rings. The molecule has 0 amide bonds. The SMILES string of the molecule is CCCCc1cc(C)cc(CCCC)c1OP1OCC2(CO1)COP(Oc1c(CCCC)cc(C)cc1CCCC)OC2. The van der Waals surface area contributed by atoms with E-state index >= 15 is 0 Å². The van der Waals surface area contributed by atoms with Crippen molar-refractivity contribution in [1.82, 2.24) is 0 Å². The Kier molecular flexibility index (Phi) is 14.0. The quantitative estimate of drug-likeness (QED) is 0.172. The minimum absolute atomic E-state index is 0.350. The average Bonchev–Trinajstić information content (AvgIpc) is 3.01. The van der Waals surface area contributed by atoms with Gasteiger partial charge in [-0.2, -0.15) is 0 Å². The van der Waals surface area contributed by atoms with Crippen LogP contribution < -0.4 is 9.05 Å². The zero-order chi connectivity index (χ0) is 30.7. The third-order valence-electron chi connectivity index (χ3n) is 8.21. The van der Waals surface area contributed by atoms with Crippen LogP contribution in [0.3, 0.4) is 0 Å². The molecule has 8 heteroatoms. The van der Waals surface area contributed by atoms with Crippen LogP contribution in [0.15, 0.2) is 24.3 Å². The van der Waals surface area contributed by atoms with Gasteiger partial charge in [0.15, 0.2) is 0 Å². The van der Waals surface area contributed by atoms with Gasteiger partial charge in [-0.3, -0.25) is 0 Å². The molecule has 240 valence electrons. The molecule has 0 aromatic heterocycles. The molecule has 6 nitrogen and oxygen atoms in total. The fourth-order valence-corrected chi connectivity index (χ4v) is 8.29. The normalized spacial score (nSPS) is 22.2. The number of unbranched alkanes of at least 4 members (excludes halogenated alkanes) is 4. The maximum absolute atomic E-state index is 6.52. The molecular formula is C35H54O6P2. The van der Waals surface area contributed by atoms with Crippen LogP contribution in [-0.4, -0.2) is 26.4 Å². The topological polar surface area (TPSA) is 55.4 Å². The minimum Gasteiger partial charge on any atom is -0.426 e. The zero-order valence-corrected chi connectivity index (χ0v) is 29.3. The number of hydrogen-bond acceptors (Lipinski definition) is 6. The summed E-state index contributed by atoms with van der Waals surface area (Å²) in [5, 5.41) is 0. The average molecular weight is 633 g/mol. The zero-order valence-electron chi connectivity index (χ0n) is 27.5. The Hall–Kier alpha value is -1.26. The summed E-state index contributed by atoms with van der Waals surface area (Å²) in [6.45, 7) is 15.2. The molecule has 0 N–H and O–H groups in total. The van der Waals surface area contributed by atoms with E-state index in [9.17, 15) is 0 Å². The van der Waals surface area contributed by atoms with Crippen molar-refractivity contribution >= 4 is 17.2 Å². The van der Waals surface area contributed by atoms with Gasteiger partial charge in [-0.15, -0.1) is 0 Å². The van der Waals surface area contributed by atoms with Gasteiger partial charge in [-0.25, -0.2) is 0 Å². The third-order valence-corrected chi connectivity index (χ3v) is 10.2. The number of hydrogen-bond donors (Lipinski definition) is 0. The van der Waals surface area contributed by atoms with Crippen molar-refractivity contribution in [2.24, 2.45) is 5.41 Å².